The number of rotatable bonds is 7. The van der Waals surface area contributed by atoms with E-state index in [9.17, 15) is 4.79 Å². The van der Waals surface area contributed by atoms with Gasteiger partial charge in [0.05, 0.1) is 11.9 Å². The number of carbonyl (C=O) groups excluding carboxylic acids is 1. The van der Waals surface area contributed by atoms with E-state index in [-0.39, 0.29) is 12.5 Å². The number of hydrogen-bond donors (Lipinski definition) is 1. The summed E-state index contributed by atoms with van der Waals surface area (Å²) in [5, 5.41) is 8.80. The number of nitrogens with one attached hydrogen (secondary N) is 1. The third-order valence-corrected chi connectivity index (χ3v) is 4.32. The van der Waals surface area contributed by atoms with E-state index in [1.165, 1.54) is 0 Å². The topological polar surface area (TPSA) is 68.5 Å². The monoisotopic (exact) mass is 396 g/mol. The zero-order valence-corrected chi connectivity index (χ0v) is 16.2. The van der Waals surface area contributed by atoms with E-state index in [2.05, 4.69) is 10.5 Å². The second-order valence-corrected chi connectivity index (χ2v) is 6.47. The number of carbonyl (C=O) groups is 1. The van der Waals surface area contributed by atoms with Gasteiger partial charge in [0.2, 0.25) is 0 Å². The summed E-state index contributed by atoms with van der Waals surface area (Å²) < 4.78 is 7.22. The van der Waals surface area contributed by atoms with E-state index in [4.69, 9.17) is 9.84 Å². The summed E-state index contributed by atoms with van der Waals surface area (Å²) in [7, 11) is 0. The Kier molecular flexibility index (Phi) is 5.96. The predicted molar refractivity (Wildman–Crippen MR) is 117 cm³/mol. The fourth-order valence-corrected chi connectivity index (χ4v) is 2.89. The highest BCUT2D eigenvalue weighted by Gasteiger charge is 2.11. The van der Waals surface area contributed by atoms with Crippen molar-refractivity contribution in [3.05, 3.63) is 103 Å². The third-order valence-electron chi connectivity index (χ3n) is 4.32. The first-order valence-electron chi connectivity index (χ1n) is 9.50. The molecule has 1 N–H and O–H groups in total. The molecule has 4 rings (SSSR count). The van der Waals surface area contributed by atoms with Crippen molar-refractivity contribution in [1.29, 1.82) is 0 Å². The maximum Gasteiger partial charge on any atom is 0.277 e. The maximum atomic E-state index is 12.0. The average molecular weight is 396 g/mol. The van der Waals surface area contributed by atoms with Crippen molar-refractivity contribution < 1.29 is 9.53 Å². The molecule has 0 atom stereocenters. The van der Waals surface area contributed by atoms with Crippen LogP contribution in [0, 0.1) is 0 Å². The van der Waals surface area contributed by atoms with E-state index in [0.29, 0.717) is 5.75 Å². The molecular weight excluding hydrogens is 376 g/mol. The fraction of sp³-hybridized carbons (Fsp3) is 0.0417. The Bertz CT molecular complexity index is 1120. The minimum atomic E-state index is -0.341. The summed E-state index contributed by atoms with van der Waals surface area (Å²) in [6.07, 6.45) is 3.48. The predicted octanol–water partition coefficient (Wildman–Crippen LogP) is 4.07. The number of para-hydroxylation sites is 2. The molecule has 6 nitrogen and oxygen atoms in total. The van der Waals surface area contributed by atoms with Crippen molar-refractivity contribution in [2.75, 3.05) is 6.61 Å². The molecule has 0 aliphatic rings. The lowest BCUT2D eigenvalue weighted by Crippen LogP contribution is -2.24. The van der Waals surface area contributed by atoms with Gasteiger partial charge in [-0.2, -0.15) is 10.2 Å². The largest absolute Gasteiger partial charge is 0.484 e. The normalized spacial score (nSPS) is 10.8. The van der Waals surface area contributed by atoms with E-state index >= 15 is 0 Å². The first-order chi connectivity index (χ1) is 14.8. The number of ether oxygens (including phenoxy) is 1. The Morgan fingerprint density at radius 2 is 1.57 bits per heavy atom. The van der Waals surface area contributed by atoms with Gasteiger partial charge in [-0.1, -0.05) is 66.7 Å². The molecule has 0 radical (unpaired) electrons. The van der Waals surface area contributed by atoms with Crippen LogP contribution in [0.2, 0.25) is 0 Å². The Morgan fingerprint density at radius 3 is 2.27 bits per heavy atom. The quantitative estimate of drug-likeness (QED) is 0.378. The highest BCUT2D eigenvalue weighted by molar-refractivity contribution is 5.89. The van der Waals surface area contributed by atoms with Crippen molar-refractivity contribution in [3.8, 4) is 22.7 Å². The van der Waals surface area contributed by atoms with Gasteiger partial charge in [0.15, 0.2) is 6.61 Å². The number of amides is 1. The zero-order chi connectivity index (χ0) is 20.6. The Balaban J connectivity index is 1.49. The highest BCUT2D eigenvalue weighted by atomic mass is 16.5. The van der Waals surface area contributed by atoms with Crippen LogP contribution in [0.3, 0.4) is 0 Å². The molecule has 1 heterocycles. The number of hydrogen-bond acceptors (Lipinski definition) is 4. The molecule has 148 valence electrons. The minimum absolute atomic E-state index is 0.115. The average Bonchev–Trinajstić information content (AvgIpc) is 3.24. The van der Waals surface area contributed by atoms with Crippen LogP contribution >= 0.6 is 0 Å². The molecule has 1 aromatic heterocycles. The fourth-order valence-electron chi connectivity index (χ4n) is 2.89. The van der Waals surface area contributed by atoms with Crippen LogP contribution in [-0.2, 0) is 4.79 Å². The summed E-state index contributed by atoms with van der Waals surface area (Å²) in [5.74, 6) is 0.291. The number of aromatic nitrogens is 2. The van der Waals surface area contributed by atoms with Crippen molar-refractivity contribution in [2.45, 2.75) is 0 Å². The smallest absolute Gasteiger partial charge is 0.277 e. The number of benzene rings is 3. The molecule has 4 aromatic rings. The molecule has 0 saturated carbocycles. The summed E-state index contributed by atoms with van der Waals surface area (Å²) >= 11 is 0. The van der Waals surface area contributed by atoms with Crippen LogP contribution in [0.15, 0.2) is 102 Å². The van der Waals surface area contributed by atoms with Gasteiger partial charge in [-0.15, -0.1) is 0 Å². The van der Waals surface area contributed by atoms with Crippen LogP contribution in [0.4, 0.5) is 0 Å². The molecule has 0 fully saturated rings. The first-order valence-corrected chi connectivity index (χ1v) is 9.50. The Hall–Kier alpha value is -4.19. The van der Waals surface area contributed by atoms with Crippen LogP contribution in [0.25, 0.3) is 16.9 Å². The second-order valence-electron chi connectivity index (χ2n) is 6.47. The van der Waals surface area contributed by atoms with E-state index in [1.807, 2.05) is 85.1 Å². The Morgan fingerprint density at radius 1 is 0.933 bits per heavy atom. The lowest BCUT2D eigenvalue weighted by Gasteiger charge is -2.04. The van der Waals surface area contributed by atoms with Crippen molar-refractivity contribution in [2.24, 2.45) is 5.10 Å². The van der Waals surface area contributed by atoms with Crippen molar-refractivity contribution >= 4 is 12.1 Å². The minimum Gasteiger partial charge on any atom is -0.484 e. The first kappa shape index (κ1) is 19.1. The molecule has 0 bridgehead atoms. The third kappa shape index (κ3) is 4.80. The summed E-state index contributed by atoms with van der Waals surface area (Å²) in [4.78, 5) is 12.0. The highest BCUT2D eigenvalue weighted by Crippen LogP contribution is 2.22. The van der Waals surface area contributed by atoms with Gasteiger partial charge in [0.1, 0.15) is 11.4 Å². The molecular formula is C24H20N4O2. The molecule has 0 unspecified atom stereocenters. The molecule has 6 heteroatoms. The standard InChI is InChI=1S/C24H20N4O2/c29-23(18-30-22-14-8-3-9-15-22)26-25-16-20-17-28(21-12-6-2-7-13-21)27-24(20)19-10-4-1-5-11-19/h1-17H,18H2,(H,26,29)/b25-16+. The molecule has 30 heavy (non-hydrogen) atoms. The Labute approximate surface area is 174 Å². The molecule has 0 aliphatic heterocycles. The van der Waals surface area contributed by atoms with E-state index in [0.717, 1.165) is 22.5 Å². The zero-order valence-electron chi connectivity index (χ0n) is 16.2. The lowest BCUT2D eigenvalue weighted by atomic mass is 10.1. The summed E-state index contributed by atoms with van der Waals surface area (Å²) in [6, 6.07) is 28.8. The van der Waals surface area contributed by atoms with E-state index in [1.54, 1.807) is 23.0 Å². The van der Waals surface area contributed by atoms with Crippen LogP contribution in [0.5, 0.6) is 5.75 Å². The number of nitrogens with zero attached hydrogens (tertiary/aromatic N) is 3. The van der Waals surface area contributed by atoms with Crippen molar-refractivity contribution in [1.82, 2.24) is 15.2 Å². The molecule has 0 saturated heterocycles. The number of hydrazone groups is 1. The van der Waals surface area contributed by atoms with Gasteiger partial charge in [0, 0.05) is 17.3 Å². The van der Waals surface area contributed by atoms with Crippen LogP contribution in [-0.4, -0.2) is 28.5 Å². The van der Waals surface area contributed by atoms with Gasteiger partial charge in [-0.25, -0.2) is 10.1 Å². The van der Waals surface area contributed by atoms with Gasteiger partial charge in [0.25, 0.3) is 5.91 Å². The van der Waals surface area contributed by atoms with Crippen LogP contribution in [0.1, 0.15) is 5.56 Å². The summed E-state index contributed by atoms with van der Waals surface area (Å²) in [5.41, 5.74) is 5.96. The molecule has 0 spiro atoms. The van der Waals surface area contributed by atoms with Gasteiger partial charge < -0.3 is 4.74 Å². The maximum absolute atomic E-state index is 12.0. The molecule has 1 amide bonds. The van der Waals surface area contributed by atoms with Gasteiger partial charge >= 0.3 is 0 Å². The second kappa shape index (κ2) is 9.34. The van der Waals surface area contributed by atoms with Crippen LogP contribution < -0.4 is 10.2 Å². The van der Waals surface area contributed by atoms with E-state index < -0.39 is 0 Å². The van der Waals surface area contributed by atoms with Gasteiger partial charge in [-0.05, 0) is 24.3 Å². The summed E-state index contributed by atoms with van der Waals surface area (Å²) in [6.45, 7) is -0.115. The molecule has 3 aromatic carbocycles. The lowest BCUT2D eigenvalue weighted by molar-refractivity contribution is -0.123. The van der Waals surface area contributed by atoms with Crippen molar-refractivity contribution in [3.63, 3.8) is 0 Å². The molecule has 0 aliphatic carbocycles. The van der Waals surface area contributed by atoms with Gasteiger partial charge in [-0.3, -0.25) is 4.79 Å². The SMILES string of the molecule is O=C(COc1ccccc1)N/N=C/c1cn(-c2ccccc2)nc1-c1ccccc1.